The van der Waals surface area contributed by atoms with E-state index in [9.17, 15) is 4.79 Å². The number of pyridine rings is 1. The quantitative estimate of drug-likeness (QED) is 0.248. The van der Waals surface area contributed by atoms with Crippen LogP contribution in [0.5, 0.6) is 0 Å². The molecule has 0 amide bonds. The number of ether oxygens (including phenoxy) is 1. The molecule has 1 saturated heterocycles. The number of nitrogens with two attached hydrogens (primary N) is 2. The molecule has 0 bridgehead atoms. The highest BCUT2D eigenvalue weighted by Crippen LogP contribution is 2.20. The van der Waals surface area contributed by atoms with E-state index in [1.165, 1.54) is 6.20 Å². The van der Waals surface area contributed by atoms with Crippen molar-refractivity contribution in [2.45, 2.75) is 12.2 Å². The summed E-state index contributed by atoms with van der Waals surface area (Å²) in [7, 11) is -0.541. The van der Waals surface area contributed by atoms with Crippen molar-refractivity contribution in [1.29, 1.82) is 0 Å². The molecule has 28 heavy (non-hydrogen) atoms. The minimum absolute atomic E-state index is 0.0801. The molecular formula is C18H21BN4O5. The van der Waals surface area contributed by atoms with Crippen LogP contribution in [0.4, 0.5) is 0 Å². The van der Waals surface area contributed by atoms with Gasteiger partial charge in [-0.05, 0) is 23.2 Å². The van der Waals surface area contributed by atoms with Gasteiger partial charge >= 0.3 is 13.1 Å². The van der Waals surface area contributed by atoms with Crippen LogP contribution in [0.1, 0.15) is 22.0 Å². The van der Waals surface area contributed by atoms with Crippen LogP contribution >= 0.6 is 0 Å². The average Bonchev–Trinajstić information content (AvgIpc) is 3.21. The lowest BCUT2D eigenvalue weighted by Crippen LogP contribution is -2.33. The summed E-state index contributed by atoms with van der Waals surface area (Å²) in [5.41, 5.74) is 12.7. The highest BCUT2D eigenvalue weighted by Gasteiger charge is 2.32. The van der Waals surface area contributed by atoms with Crippen LogP contribution in [-0.2, 0) is 14.0 Å². The van der Waals surface area contributed by atoms with Crippen molar-refractivity contribution in [2.24, 2.45) is 16.5 Å². The van der Waals surface area contributed by atoms with Crippen LogP contribution in [-0.4, -0.2) is 55.0 Å². The first-order chi connectivity index (χ1) is 13.6. The zero-order chi connectivity index (χ0) is 19.9. The fraction of sp³-hybridized carbons (Fsp3) is 0.278. The van der Waals surface area contributed by atoms with Gasteiger partial charge < -0.3 is 30.6 Å². The molecule has 1 aliphatic heterocycles. The fourth-order valence-corrected chi connectivity index (χ4v) is 2.67. The molecule has 1 aromatic heterocycles. The lowest BCUT2D eigenvalue weighted by atomic mass is 9.79. The molecule has 1 fully saturated rings. The van der Waals surface area contributed by atoms with E-state index in [4.69, 9.17) is 30.6 Å². The normalized spacial score (nSPS) is 17.2. The van der Waals surface area contributed by atoms with Gasteiger partial charge in [-0.3, -0.25) is 4.98 Å². The monoisotopic (exact) mass is 384 g/mol. The van der Waals surface area contributed by atoms with Crippen LogP contribution in [0.2, 0.25) is 0 Å². The summed E-state index contributed by atoms with van der Waals surface area (Å²) in [6, 6.07) is 10.5. The van der Waals surface area contributed by atoms with Crippen molar-refractivity contribution in [3.05, 3.63) is 59.9 Å². The van der Waals surface area contributed by atoms with Crippen molar-refractivity contribution in [3.63, 3.8) is 0 Å². The average molecular weight is 384 g/mol. The van der Waals surface area contributed by atoms with Gasteiger partial charge in [-0.25, -0.2) is 9.79 Å². The number of nitrogens with zero attached hydrogens (tertiary/aromatic N) is 2. The molecule has 2 atom stereocenters. The van der Waals surface area contributed by atoms with E-state index >= 15 is 0 Å². The molecule has 10 heteroatoms. The van der Waals surface area contributed by atoms with Gasteiger partial charge in [-0.2, -0.15) is 0 Å². The first-order valence-corrected chi connectivity index (χ1v) is 8.71. The van der Waals surface area contributed by atoms with E-state index < -0.39 is 19.2 Å². The highest BCUT2D eigenvalue weighted by molar-refractivity contribution is 6.61. The summed E-state index contributed by atoms with van der Waals surface area (Å²) in [6.07, 6.45) is 1.98. The first kappa shape index (κ1) is 19.8. The number of carbonyl (C=O) groups is 1. The number of rotatable bonds is 7. The standard InChI is InChI=1S/C18H21BN4O5/c20-18(21)23-9-16(27-17(25)13-2-1-7-22-8-13)12-3-5-14(6-4-12)19-26-11-15(10-24)28-19/h1-8,15-16,24H,9-11H2,(H4,20,21,23). The van der Waals surface area contributed by atoms with E-state index in [0.717, 1.165) is 5.46 Å². The van der Waals surface area contributed by atoms with Crippen molar-refractivity contribution >= 4 is 24.5 Å². The van der Waals surface area contributed by atoms with Gasteiger partial charge in [0.1, 0.15) is 6.10 Å². The van der Waals surface area contributed by atoms with Gasteiger partial charge in [0.15, 0.2) is 5.96 Å². The maximum Gasteiger partial charge on any atom is 0.494 e. The van der Waals surface area contributed by atoms with Gasteiger partial charge in [-0.1, -0.05) is 24.3 Å². The SMILES string of the molecule is NC(N)=NCC(OC(=O)c1cccnc1)c1ccc(B2OCC(CO)O2)cc1. The van der Waals surface area contributed by atoms with Crippen LogP contribution in [0.25, 0.3) is 0 Å². The molecule has 2 heterocycles. The maximum absolute atomic E-state index is 12.4. The van der Waals surface area contributed by atoms with Gasteiger partial charge in [0.05, 0.1) is 31.4 Å². The number of guanidine groups is 1. The molecule has 1 aromatic carbocycles. The zero-order valence-electron chi connectivity index (χ0n) is 15.1. The van der Waals surface area contributed by atoms with Crippen LogP contribution in [0.3, 0.4) is 0 Å². The third-order valence-corrected chi connectivity index (χ3v) is 4.12. The minimum atomic E-state index is -0.681. The Balaban J connectivity index is 1.74. The number of aliphatic imine (C=N–C) groups is 1. The Kier molecular flexibility index (Phi) is 6.59. The Bertz CT molecular complexity index is 814. The molecule has 0 aliphatic carbocycles. The molecule has 1 aliphatic rings. The van der Waals surface area contributed by atoms with Crippen molar-refractivity contribution in [2.75, 3.05) is 19.8 Å². The maximum atomic E-state index is 12.4. The summed E-state index contributed by atoms with van der Waals surface area (Å²) in [5.74, 6) is -0.622. The summed E-state index contributed by atoms with van der Waals surface area (Å²) in [4.78, 5) is 20.3. The number of aliphatic hydroxyl groups is 1. The van der Waals surface area contributed by atoms with Gasteiger partial charge in [0.2, 0.25) is 0 Å². The number of aromatic nitrogens is 1. The molecular weight excluding hydrogens is 363 g/mol. The number of benzene rings is 1. The van der Waals surface area contributed by atoms with Crippen molar-refractivity contribution in [1.82, 2.24) is 4.98 Å². The zero-order valence-corrected chi connectivity index (χ0v) is 15.1. The topological polar surface area (TPSA) is 142 Å². The second-order valence-corrected chi connectivity index (χ2v) is 6.17. The lowest BCUT2D eigenvalue weighted by molar-refractivity contribution is 0.0316. The summed E-state index contributed by atoms with van der Waals surface area (Å²) < 4.78 is 16.7. The number of aliphatic hydroxyl groups excluding tert-OH is 1. The van der Waals surface area contributed by atoms with Gasteiger partial charge in [0, 0.05) is 12.4 Å². The number of hydrogen-bond donors (Lipinski definition) is 3. The van der Waals surface area contributed by atoms with E-state index in [2.05, 4.69) is 9.98 Å². The minimum Gasteiger partial charge on any atom is -0.452 e. The Morgan fingerprint density at radius 3 is 2.75 bits per heavy atom. The second kappa shape index (κ2) is 9.31. The van der Waals surface area contributed by atoms with Crippen LogP contribution < -0.4 is 16.9 Å². The molecule has 9 nitrogen and oxygen atoms in total. The molecule has 0 spiro atoms. The van der Waals surface area contributed by atoms with Gasteiger partial charge in [-0.15, -0.1) is 0 Å². The fourth-order valence-electron chi connectivity index (χ4n) is 2.67. The Morgan fingerprint density at radius 1 is 1.36 bits per heavy atom. The predicted molar refractivity (Wildman–Crippen MR) is 103 cm³/mol. The van der Waals surface area contributed by atoms with Crippen LogP contribution in [0, 0.1) is 0 Å². The highest BCUT2D eigenvalue weighted by atomic mass is 16.6. The van der Waals surface area contributed by atoms with Crippen molar-refractivity contribution < 1.29 is 23.9 Å². The Labute approximate surface area is 162 Å². The second-order valence-electron chi connectivity index (χ2n) is 6.17. The molecule has 0 saturated carbocycles. The van der Waals surface area contributed by atoms with E-state index in [-0.39, 0.29) is 25.2 Å². The molecule has 0 radical (unpaired) electrons. The van der Waals surface area contributed by atoms with E-state index in [1.807, 2.05) is 0 Å². The molecule has 2 unspecified atom stereocenters. The van der Waals surface area contributed by atoms with E-state index in [0.29, 0.717) is 17.7 Å². The molecule has 2 aromatic rings. The molecule has 146 valence electrons. The van der Waals surface area contributed by atoms with E-state index in [1.54, 1.807) is 42.6 Å². The first-order valence-electron chi connectivity index (χ1n) is 8.71. The predicted octanol–water partition coefficient (Wildman–Crippen LogP) is -0.644. The third kappa shape index (κ3) is 5.06. The van der Waals surface area contributed by atoms with Crippen molar-refractivity contribution in [3.8, 4) is 0 Å². The smallest absolute Gasteiger partial charge is 0.452 e. The Hall–Kier alpha value is -2.95. The van der Waals surface area contributed by atoms with Crippen LogP contribution in [0.15, 0.2) is 53.8 Å². The molecule has 3 rings (SSSR count). The largest absolute Gasteiger partial charge is 0.494 e. The summed E-state index contributed by atoms with van der Waals surface area (Å²) >= 11 is 0. The number of esters is 1. The summed E-state index contributed by atoms with van der Waals surface area (Å²) in [6.45, 7) is 0.314. The third-order valence-electron chi connectivity index (χ3n) is 4.12. The molecule has 5 N–H and O–H groups in total. The number of hydrogen-bond acceptors (Lipinski definition) is 7. The van der Waals surface area contributed by atoms with Gasteiger partial charge in [0.25, 0.3) is 0 Å². The lowest BCUT2D eigenvalue weighted by Gasteiger charge is -2.17. The summed E-state index contributed by atoms with van der Waals surface area (Å²) in [5, 5.41) is 9.14. The Morgan fingerprint density at radius 2 is 2.14 bits per heavy atom. The number of carbonyl (C=O) groups excluding carboxylic acids is 1.